The third-order valence-corrected chi connectivity index (χ3v) is 4.51. The molecule has 0 spiro atoms. The Morgan fingerprint density at radius 2 is 1.78 bits per heavy atom. The van der Waals surface area contributed by atoms with Gasteiger partial charge in [-0.1, -0.05) is 25.3 Å². The van der Waals surface area contributed by atoms with Crippen LogP contribution in [0.3, 0.4) is 0 Å². The quantitative estimate of drug-likeness (QED) is 0.728. The molecule has 3 heterocycles. The van der Waals surface area contributed by atoms with E-state index >= 15 is 0 Å². The van der Waals surface area contributed by atoms with Gasteiger partial charge in [-0.3, -0.25) is 14.8 Å². The van der Waals surface area contributed by atoms with E-state index in [1.54, 1.807) is 17.1 Å². The third kappa shape index (κ3) is 2.52. The highest BCUT2D eigenvalue weighted by Gasteiger charge is 2.21. The molecule has 1 aliphatic carbocycles. The molecule has 0 unspecified atom stereocenters. The fourth-order valence-electron chi connectivity index (χ4n) is 3.35. The van der Waals surface area contributed by atoms with Gasteiger partial charge in [0, 0.05) is 17.8 Å². The van der Waals surface area contributed by atoms with Gasteiger partial charge in [0.1, 0.15) is 11.2 Å². The van der Waals surface area contributed by atoms with E-state index in [2.05, 4.69) is 9.97 Å². The summed E-state index contributed by atoms with van der Waals surface area (Å²) in [6.45, 7) is 0. The molecule has 0 aromatic carbocycles. The third-order valence-electron chi connectivity index (χ3n) is 4.51. The Hall–Kier alpha value is -2.56. The maximum atomic E-state index is 12.8. The van der Waals surface area contributed by atoms with Crippen LogP contribution in [0.1, 0.15) is 38.1 Å². The van der Waals surface area contributed by atoms with Crippen molar-refractivity contribution >= 4 is 10.9 Å². The van der Waals surface area contributed by atoms with Gasteiger partial charge in [0.2, 0.25) is 0 Å². The Kier molecular flexibility index (Phi) is 3.61. The van der Waals surface area contributed by atoms with Gasteiger partial charge in [0.05, 0.1) is 11.7 Å². The van der Waals surface area contributed by atoms with Crippen LogP contribution in [0.25, 0.3) is 22.3 Å². The molecule has 1 aliphatic rings. The normalized spacial score (nSPS) is 15.8. The van der Waals surface area contributed by atoms with Crippen molar-refractivity contribution in [2.45, 2.75) is 38.1 Å². The highest BCUT2D eigenvalue weighted by Crippen LogP contribution is 2.28. The zero-order chi connectivity index (χ0) is 15.6. The molecular formula is C18H18N4O. The second kappa shape index (κ2) is 5.91. The molecule has 0 saturated heterocycles. The van der Waals surface area contributed by atoms with Gasteiger partial charge in [0.25, 0.3) is 5.56 Å². The zero-order valence-electron chi connectivity index (χ0n) is 12.9. The SMILES string of the molecule is O=c1c2ncccc2c(-c2ccccn2)nn1C1CCCCC1. The topological polar surface area (TPSA) is 60.7 Å². The summed E-state index contributed by atoms with van der Waals surface area (Å²) in [6, 6.07) is 9.63. The minimum atomic E-state index is -0.0906. The van der Waals surface area contributed by atoms with Crippen LogP contribution in [0.15, 0.2) is 47.5 Å². The van der Waals surface area contributed by atoms with Crippen LogP contribution >= 0.6 is 0 Å². The molecule has 3 aromatic heterocycles. The lowest BCUT2D eigenvalue weighted by molar-refractivity contribution is 0.320. The number of nitrogens with zero attached hydrogens (tertiary/aromatic N) is 4. The summed E-state index contributed by atoms with van der Waals surface area (Å²) in [6.07, 6.45) is 8.96. The first-order valence-electron chi connectivity index (χ1n) is 8.13. The Labute approximate surface area is 134 Å². The summed E-state index contributed by atoms with van der Waals surface area (Å²) < 4.78 is 1.65. The van der Waals surface area contributed by atoms with Crippen LogP contribution in [-0.4, -0.2) is 19.7 Å². The van der Waals surface area contributed by atoms with Crippen LogP contribution in [0.5, 0.6) is 0 Å². The molecule has 116 valence electrons. The molecule has 0 radical (unpaired) electrons. The van der Waals surface area contributed by atoms with Gasteiger partial charge in [-0.2, -0.15) is 5.10 Å². The Balaban J connectivity index is 1.98. The van der Waals surface area contributed by atoms with E-state index in [4.69, 9.17) is 5.10 Å². The van der Waals surface area contributed by atoms with Crippen LogP contribution in [0.2, 0.25) is 0 Å². The number of aromatic nitrogens is 4. The van der Waals surface area contributed by atoms with Crippen LogP contribution in [-0.2, 0) is 0 Å². The zero-order valence-corrected chi connectivity index (χ0v) is 12.9. The van der Waals surface area contributed by atoms with E-state index in [-0.39, 0.29) is 11.6 Å². The first-order valence-corrected chi connectivity index (χ1v) is 8.13. The number of hydrogen-bond donors (Lipinski definition) is 0. The van der Waals surface area contributed by atoms with E-state index in [1.165, 1.54) is 6.42 Å². The number of rotatable bonds is 2. The van der Waals surface area contributed by atoms with E-state index in [9.17, 15) is 4.79 Å². The summed E-state index contributed by atoms with van der Waals surface area (Å²) in [7, 11) is 0. The standard InChI is InChI=1S/C18H18N4O/c23-18-17-14(9-6-12-20-17)16(15-10-4-5-11-19-15)21-22(18)13-7-2-1-3-8-13/h4-6,9-13H,1-3,7-8H2. The predicted molar refractivity (Wildman–Crippen MR) is 89.2 cm³/mol. The lowest BCUT2D eigenvalue weighted by Crippen LogP contribution is -2.30. The highest BCUT2D eigenvalue weighted by atomic mass is 16.1. The van der Waals surface area contributed by atoms with Gasteiger partial charge >= 0.3 is 0 Å². The first kappa shape index (κ1) is 14.1. The summed E-state index contributed by atoms with van der Waals surface area (Å²) in [5.74, 6) is 0. The summed E-state index contributed by atoms with van der Waals surface area (Å²) in [4.78, 5) is 21.6. The summed E-state index contributed by atoms with van der Waals surface area (Å²) in [5.41, 5.74) is 1.90. The minimum Gasteiger partial charge on any atom is -0.265 e. The molecule has 3 aromatic rings. The van der Waals surface area contributed by atoms with E-state index in [1.807, 2.05) is 30.3 Å². The molecule has 23 heavy (non-hydrogen) atoms. The van der Waals surface area contributed by atoms with Crippen molar-refractivity contribution in [1.29, 1.82) is 0 Å². The van der Waals surface area contributed by atoms with Crippen molar-refractivity contribution in [2.75, 3.05) is 0 Å². The lowest BCUT2D eigenvalue weighted by Gasteiger charge is -2.23. The van der Waals surface area contributed by atoms with Crippen LogP contribution in [0, 0.1) is 0 Å². The lowest BCUT2D eigenvalue weighted by atomic mass is 9.95. The van der Waals surface area contributed by atoms with Gasteiger partial charge in [-0.15, -0.1) is 0 Å². The minimum absolute atomic E-state index is 0.0906. The number of hydrogen-bond acceptors (Lipinski definition) is 4. The Morgan fingerprint density at radius 1 is 0.957 bits per heavy atom. The second-order valence-corrected chi connectivity index (χ2v) is 6.00. The molecule has 1 saturated carbocycles. The molecule has 5 nitrogen and oxygen atoms in total. The fourth-order valence-corrected chi connectivity index (χ4v) is 3.35. The molecular weight excluding hydrogens is 288 g/mol. The average Bonchev–Trinajstić information content (AvgIpc) is 2.64. The van der Waals surface area contributed by atoms with Gasteiger partial charge in [-0.25, -0.2) is 4.68 Å². The molecule has 1 fully saturated rings. The largest absolute Gasteiger partial charge is 0.293 e. The van der Waals surface area contributed by atoms with E-state index in [0.29, 0.717) is 5.52 Å². The molecule has 0 atom stereocenters. The molecule has 0 N–H and O–H groups in total. The predicted octanol–water partition coefficient (Wildman–Crippen LogP) is 3.36. The van der Waals surface area contributed by atoms with Gasteiger partial charge < -0.3 is 0 Å². The number of pyridine rings is 2. The van der Waals surface area contributed by atoms with Crippen molar-refractivity contribution in [3.63, 3.8) is 0 Å². The van der Waals surface area contributed by atoms with Crippen molar-refractivity contribution in [3.05, 3.63) is 53.1 Å². The molecule has 0 aliphatic heterocycles. The number of fused-ring (bicyclic) bond motifs is 1. The monoisotopic (exact) mass is 306 g/mol. The first-order chi connectivity index (χ1) is 11.3. The smallest absolute Gasteiger partial charge is 0.265 e. The van der Waals surface area contributed by atoms with E-state index in [0.717, 1.165) is 42.5 Å². The molecule has 5 heteroatoms. The molecule has 0 amide bonds. The highest BCUT2D eigenvalue weighted by molar-refractivity contribution is 5.90. The maximum absolute atomic E-state index is 12.8. The summed E-state index contributed by atoms with van der Waals surface area (Å²) in [5, 5.41) is 5.46. The van der Waals surface area contributed by atoms with Crippen LogP contribution in [0.4, 0.5) is 0 Å². The van der Waals surface area contributed by atoms with Gasteiger partial charge in [-0.05, 0) is 37.1 Å². The Bertz CT molecular complexity index is 882. The Morgan fingerprint density at radius 3 is 2.57 bits per heavy atom. The fraction of sp³-hybridized carbons (Fsp3) is 0.333. The van der Waals surface area contributed by atoms with Crippen molar-refractivity contribution in [3.8, 4) is 11.4 Å². The molecule has 0 bridgehead atoms. The van der Waals surface area contributed by atoms with Crippen molar-refractivity contribution in [1.82, 2.24) is 19.7 Å². The van der Waals surface area contributed by atoms with Crippen molar-refractivity contribution < 1.29 is 0 Å². The molecule has 4 rings (SSSR count). The van der Waals surface area contributed by atoms with Gasteiger partial charge in [0.15, 0.2) is 0 Å². The second-order valence-electron chi connectivity index (χ2n) is 6.00. The van der Waals surface area contributed by atoms with Crippen molar-refractivity contribution in [2.24, 2.45) is 0 Å². The maximum Gasteiger partial charge on any atom is 0.293 e. The average molecular weight is 306 g/mol. The van der Waals surface area contributed by atoms with Crippen LogP contribution < -0.4 is 5.56 Å². The van der Waals surface area contributed by atoms with E-state index < -0.39 is 0 Å². The summed E-state index contributed by atoms with van der Waals surface area (Å²) >= 11 is 0.